The number of rotatable bonds is 4. The van der Waals surface area contributed by atoms with E-state index in [1.165, 1.54) is 6.42 Å². The Morgan fingerprint density at radius 3 is 2.58 bits per heavy atom. The summed E-state index contributed by atoms with van der Waals surface area (Å²) in [6, 6.07) is 0. The van der Waals surface area contributed by atoms with Gasteiger partial charge in [-0.05, 0) is 28.8 Å². The van der Waals surface area contributed by atoms with E-state index in [9.17, 15) is 4.79 Å². The lowest BCUT2D eigenvalue weighted by Crippen LogP contribution is -2.36. The lowest BCUT2D eigenvalue weighted by Gasteiger charge is -2.35. The number of nitrogens with one attached hydrogen (secondary N) is 1. The molecule has 0 radical (unpaired) electrons. The van der Waals surface area contributed by atoms with Gasteiger partial charge in [0, 0.05) is 14.2 Å². The molecule has 1 aliphatic rings. The normalized spacial score (nSPS) is 18.5. The molecule has 1 heterocycles. The van der Waals surface area contributed by atoms with Gasteiger partial charge in [-0.3, -0.25) is 4.79 Å². The molecule has 2 rings (SSSR count). The SMILES string of the molecule is COCc1nc(C2(OC)CCCCC2)[nH]c(=O)c1Br. The maximum atomic E-state index is 12.0. The van der Waals surface area contributed by atoms with Crippen LogP contribution in [0.15, 0.2) is 9.27 Å². The highest BCUT2D eigenvalue weighted by Crippen LogP contribution is 2.38. The largest absolute Gasteiger partial charge is 0.378 e. The van der Waals surface area contributed by atoms with Gasteiger partial charge >= 0.3 is 0 Å². The second-order valence-electron chi connectivity index (χ2n) is 4.87. The first-order valence-electron chi connectivity index (χ1n) is 6.46. The van der Waals surface area contributed by atoms with Crippen molar-refractivity contribution in [2.24, 2.45) is 0 Å². The second-order valence-corrected chi connectivity index (χ2v) is 5.66. The molecule has 0 aliphatic heterocycles. The molecule has 0 atom stereocenters. The van der Waals surface area contributed by atoms with Gasteiger partial charge in [0.05, 0.1) is 12.3 Å². The van der Waals surface area contributed by atoms with Gasteiger partial charge in [-0.25, -0.2) is 4.98 Å². The molecule has 0 aromatic carbocycles. The van der Waals surface area contributed by atoms with Crippen molar-refractivity contribution >= 4 is 15.9 Å². The molecule has 1 N–H and O–H groups in total. The van der Waals surface area contributed by atoms with Crippen molar-refractivity contribution in [2.75, 3.05) is 14.2 Å². The van der Waals surface area contributed by atoms with Crippen LogP contribution in [-0.4, -0.2) is 24.2 Å². The Kier molecular flexibility index (Phi) is 4.76. The molecule has 0 saturated heterocycles. The summed E-state index contributed by atoms with van der Waals surface area (Å²) in [4.78, 5) is 19.4. The van der Waals surface area contributed by atoms with Gasteiger partial charge in [0.2, 0.25) is 0 Å². The van der Waals surface area contributed by atoms with E-state index in [0.717, 1.165) is 25.7 Å². The van der Waals surface area contributed by atoms with Gasteiger partial charge in [-0.2, -0.15) is 0 Å². The van der Waals surface area contributed by atoms with Crippen molar-refractivity contribution < 1.29 is 9.47 Å². The van der Waals surface area contributed by atoms with Crippen LogP contribution in [0.1, 0.15) is 43.6 Å². The molecular weight excluding hydrogens is 312 g/mol. The van der Waals surface area contributed by atoms with Crippen molar-refractivity contribution in [2.45, 2.75) is 44.3 Å². The van der Waals surface area contributed by atoms with Gasteiger partial charge < -0.3 is 14.5 Å². The fourth-order valence-electron chi connectivity index (χ4n) is 2.61. The highest BCUT2D eigenvalue weighted by atomic mass is 79.9. The number of ether oxygens (including phenoxy) is 2. The molecule has 1 fully saturated rings. The Hall–Kier alpha value is -0.720. The fourth-order valence-corrected chi connectivity index (χ4v) is 2.92. The minimum Gasteiger partial charge on any atom is -0.378 e. The van der Waals surface area contributed by atoms with E-state index in [4.69, 9.17) is 9.47 Å². The van der Waals surface area contributed by atoms with Crippen LogP contribution in [0.3, 0.4) is 0 Å². The molecule has 0 spiro atoms. The van der Waals surface area contributed by atoms with Crippen LogP contribution < -0.4 is 5.56 Å². The predicted molar refractivity (Wildman–Crippen MR) is 75.0 cm³/mol. The van der Waals surface area contributed by atoms with E-state index < -0.39 is 5.60 Å². The van der Waals surface area contributed by atoms with Gasteiger partial charge in [-0.15, -0.1) is 0 Å². The van der Waals surface area contributed by atoms with Crippen LogP contribution in [0.5, 0.6) is 0 Å². The van der Waals surface area contributed by atoms with Crippen molar-refractivity contribution in [1.29, 1.82) is 0 Å². The van der Waals surface area contributed by atoms with E-state index >= 15 is 0 Å². The highest BCUT2D eigenvalue weighted by molar-refractivity contribution is 9.10. The van der Waals surface area contributed by atoms with E-state index in [1.54, 1.807) is 14.2 Å². The van der Waals surface area contributed by atoms with Crippen molar-refractivity contribution in [3.63, 3.8) is 0 Å². The Morgan fingerprint density at radius 1 is 1.32 bits per heavy atom. The lowest BCUT2D eigenvalue weighted by atomic mass is 9.84. The summed E-state index contributed by atoms with van der Waals surface area (Å²) in [5.41, 5.74) is -0.0251. The molecule has 1 aromatic rings. The maximum Gasteiger partial charge on any atom is 0.265 e. The fraction of sp³-hybridized carbons (Fsp3) is 0.692. The number of H-pyrrole nitrogens is 1. The van der Waals surface area contributed by atoms with Crippen LogP contribution >= 0.6 is 15.9 Å². The third-order valence-corrected chi connectivity index (χ3v) is 4.51. The summed E-state index contributed by atoms with van der Waals surface area (Å²) in [6.45, 7) is 0.303. The van der Waals surface area contributed by atoms with Crippen molar-refractivity contribution in [1.82, 2.24) is 9.97 Å². The van der Waals surface area contributed by atoms with Crippen LogP contribution in [0.4, 0.5) is 0 Å². The molecule has 1 aliphatic carbocycles. The van der Waals surface area contributed by atoms with E-state index in [0.29, 0.717) is 22.6 Å². The number of aromatic nitrogens is 2. The molecule has 19 heavy (non-hydrogen) atoms. The van der Waals surface area contributed by atoms with Gasteiger partial charge in [-0.1, -0.05) is 19.3 Å². The van der Waals surface area contributed by atoms with Crippen LogP contribution in [0, 0.1) is 0 Å². The highest BCUT2D eigenvalue weighted by Gasteiger charge is 2.36. The molecule has 106 valence electrons. The third-order valence-electron chi connectivity index (χ3n) is 3.70. The summed E-state index contributed by atoms with van der Waals surface area (Å²) in [6.07, 6.45) is 5.16. The molecule has 0 amide bonds. The average molecular weight is 331 g/mol. The Balaban J connectivity index is 2.45. The van der Waals surface area contributed by atoms with Gasteiger partial charge in [0.1, 0.15) is 15.9 Å². The smallest absolute Gasteiger partial charge is 0.265 e. The summed E-state index contributed by atoms with van der Waals surface area (Å²) < 4.78 is 11.2. The number of halogens is 1. The molecule has 1 aromatic heterocycles. The van der Waals surface area contributed by atoms with Gasteiger partial charge in [0.15, 0.2) is 0 Å². The number of nitrogens with zero attached hydrogens (tertiary/aromatic N) is 1. The maximum absolute atomic E-state index is 12.0. The minimum absolute atomic E-state index is 0.181. The third kappa shape index (κ3) is 2.90. The van der Waals surface area contributed by atoms with Crippen molar-refractivity contribution in [3.05, 3.63) is 26.3 Å². The number of methoxy groups -OCH3 is 2. The average Bonchev–Trinajstić information content (AvgIpc) is 2.44. The monoisotopic (exact) mass is 330 g/mol. The number of hydrogen-bond acceptors (Lipinski definition) is 4. The van der Waals surface area contributed by atoms with E-state index in [2.05, 4.69) is 25.9 Å². The quantitative estimate of drug-likeness (QED) is 0.921. The Morgan fingerprint density at radius 2 is 2.00 bits per heavy atom. The minimum atomic E-state index is -0.458. The van der Waals surface area contributed by atoms with Crippen LogP contribution in [-0.2, 0) is 21.7 Å². The summed E-state index contributed by atoms with van der Waals surface area (Å²) in [5.74, 6) is 0.620. The summed E-state index contributed by atoms with van der Waals surface area (Å²) >= 11 is 3.25. The Labute approximate surface area is 120 Å². The van der Waals surface area contributed by atoms with Gasteiger partial charge in [0.25, 0.3) is 5.56 Å². The lowest BCUT2D eigenvalue weighted by molar-refractivity contribution is -0.0520. The molecule has 5 nitrogen and oxygen atoms in total. The molecule has 1 saturated carbocycles. The first kappa shape index (κ1) is 14.7. The van der Waals surface area contributed by atoms with E-state index in [1.807, 2.05) is 0 Å². The van der Waals surface area contributed by atoms with Crippen LogP contribution in [0.2, 0.25) is 0 Å². The summed E-state index contributed by atoms with van der Waals surface area (Å²) in [5, 5.41) is 0. The number of aromatic amines is 1. The molecule has 0 unspecified atom stereocenters. The standard InChI is InChI=1S/C13H19BrN2O3/c1-18-8-9-10(14)11(17)16-12(15-9)13(19-2)6-4-3-5-7-13/h3-8H2,1-2H3,(H,15,16,17). The van der Waals surface area contributed by atoms with Crippen molar-refractivity contribution in [3.8, 4) is 0 Å². The zero-order valence-corrected chi connectivity index (χ0v) is 12.9. The first-order valence-corrected chi connectivity index (χ1v) is 7.25. The number of hydrogen-bond donors (Lipinski definition) is 1. The summed E-state index contributed by atoms with van der Waals surface area (Å²) in [7, 11) is 3.27. The zero-order chi connectivity index (χ0) is 13.9. The molecule has 0 bridgehead atoms. The molecule has 6 heteroatoms. The second kappa shape index (κ2) is 6.15. The zero-order valence-electron chi connectivity index (χ0n) is 11.3. The topological polar surface area (TPSA) is 64.2 Å². The Bertz CT molecular complexity index is 495. The molecular formula is C13H19BrN2O3. The predicted octanol–water partition coefficient (Wildman–Crippen LogP) is 2.48. The first-order chi connectivity index (χ1) is 9.13. The van der Waals surface area contributed by atoms with E-state index in [-0.39, 0.29) is 5.56 Å². The van der Waals surface area contributed by atoms with Crippen LogP contribution in [0.25, 0.3) is 0 Å².